The first-order valence-electron chi connectivity index (χ1n) is 10.2. The van der Waals surface area contributed by atoms with Gasteiger partial charge in [-0.2, -0.15) is 0 Å². The molecule has 2 rings (SSSR count). The number of hydrogen-bond acceptors (Lipinski definition) is 0. The molecule has 0 fully saturated rings. The number of halogens is 2. The Hall–Kier alpha value is -0.280. The third-order valence-electron chi connectivity index (χ3n) is 5.63. The first kappa shape index (κ1) is 25.0. The molecule has 0 saturated carbocycles. The fraction of sp³-hybridized carbons (Fsp3) is 0.520. The molecule has 0 nitrogen and oxygen atoms in total. The van der Waals surface area contributed by atoms with Crippen LogP contribution >= 0.6 is 39.8 Å². The predicted molar refractivity (Wildman–Crippen MR) is 140 cm³/mol. The van der Waals surface area contributed by atoms with Crippen molar-refractivity contribution in [2.75, 3.05) is 6.26 Å². The van der Waals surface area contributed by atoms with Crippen LogP contribution in [0.25, 0.3) is 0 Å². The second-order valence-electron chi connectivity index (χ2n) is 10.5. The first-order chi connectivity index (χ1) is 13.0. The van der Waals surface area contributed by atoms with Gasteiger partial charge in [-0.25, -0.2) is 0 Å². The van der Waals surface area contributed by atoms with Crippen LogP contribution in [0.2, 0.25) is 0 Å². The molecule has 1 atom stereocenters. The molecule has 0 heterocycles. The largest absolute Gasteiger partial charge is 0.148 e. The van der Waals surface area contributed by atoms with Crippen LogP contribution in [0.4, 0.5) is 0 Å². The molecule has 29 heavy (non-hydrogen) atoms. The summed E-state index contributed by atoms with van der Waals surface area (Å²) in [7, 11) is 11.6. The van der Waals surface area contributed by atoms with Crippen LogP contribution in [-0.4, -0.2) is 20.5 Å². The van der Waals surface area contributed by atoms with Crippen LogP contribution in [0.1, 0.15) is 61.0 Å². The molecule has 0 radical (unpaired) electrons. The Morgan fingerprint density at radius 3 is 1.48 bits per heavy atom. The second-order valence-corrected chi connectivity index (χ2v) is 20.9. The summed E-state index contributed by atoms with van der Waals surface area (Å²) in [6.07, 6.45) is 3.11. The summed E-state index contributed by atoms with van der Waals surface area (Å²) in [4.78, 5) is 2.39. The molecular formula is C25H38Cl2S2. The average molecular weight is 474 g/mol. The van der Waals surface area contributed by atoms with Gasteiger partial charge in [-0.3, -0.25) is 0 Å². The molecule has 2 aromatic rings. The van der Waals surface area contributed by atoms with Crippen LogP contribution < -0.4 is 0 Å². The van der Waals surface area contributed by atoms with Crippen molar-refractivity contribution in [1.29, 1.82) is 0 Å². The molecule has 0 amide bonds. The predicted octanol–water partition coefficient (Wildman–Crippen LogP) is 9.57. The van der Waals surface area contributed by atoms with Crippen LogP contribution in [0.5, 0.6) is 0 Å². The van der Waals surface area contributed by atoms with Crippen molar-refractivity contribution in [2.24, 2.45) is 0 Å². The van der Waals surface area contributed by atoms with Gasteiger partial charge in [0.2, 0.25) is 0 Å². The molecule has 0 spiro atoms. The fourth-order valence-corrected chi connectivity index (χ4v) is 12.7. The van der Waals surface area contributed by atoms with Crippen LogP contribution in [0.15, 0.2) is 64.4 Å². The highest BCUT2D eigenvalue weighted by Gasteiger charge is 2.53. The maximum absolute atomic E-state index is 7.58. The Bertz CT molecular complexity index is 797. The first-order valence-corrected chi connectivity index (χ1v) is 15.5. The van der Waals surface area contributed by atoms with E-state index in [4.69, 9.17) is 21.4 Å². The third kappa shape index (κ3) is 4.81. The molecule has 0 aliphatic heterocycles. The lowest BCUT2D eigenvalue weighted by atomic mass is 10.0. The van der Waals surface area contributed by atoms with Crippen molar-refractivity contribution >= 4 is 39.8 Å². The minimum Gasteiger partial charge on any atom is -0.148 e. The van der Waals surface area contributed by atoms with Crippen LogP contribution in [-0.2, 0) is 6.42 Å². The van der Waals surface area contributed by atoms with Crippen LogP contribution in [0.3, 0.4) is 0 Å². The summed E-state index contributed by atoms with van der Waals surface area (Å²) < 4.78 is 0.0773. The van der Waals surface area contributed by atoms with E-state index in [2.05, 4.69) is 110 Å². The van der Waals surface area contributed by atoms with E-state index in [1.54, 1.807) is 0 Å². The fourth-order valence-electron chi connectivity index (χ4n) is 4.84. The zero-order valence-corrected chi connectivity index (χ0v) is 22.6. The molecule has 1 unspecified atom stereocenters. The van der Waals surface area contributed by atoms with Gasteiger partial charge in [-0.15, -0.1) is 18.5 Å². The Morgan fingerprint density at radius 1 is 0.655 bits per heavy atom. The molecule has 4 heteroatoms. The van der Waals surface area contributed by atoms with Gasteiger partial charge in [0.05, 0.1) is 0 Å². The minimum atomic E-state index is -1.52. The molecule has 0 saturated heterocycles. The number of hydrogen-bond donors (Lipinski definition) is 0. The van der Waals surface area contributed by atoms with Crippen molar-refractivity contribution in [3.8, 4) is 0 Å². The summed E-state index contributed by atoms with van der Waals surface area (Å²) in [6.45, 7) is 18.5. The summed E-state index contributed by atoms with van der Waals surface area (Å²) in [5, 5.41) is 0. The van der Waals surface area contributed by atoms with E-state index in [0.29, 0.717) is 0 Å². The summed E-state index contributed by atoms with van der Waals surface area (Å²) >= 11 is 0. The highest BCUT2D eigenvalue weighted by atomic mass is 35.7. The topological polar surface area (TPSA) is 0 Å². The Morgan fingerprint density at radius 2 is 1.07 bits per heavy atom. The zero-order chi connectivity index (χ0) is 22.3. The van der Waals surface area contributed by atoms with Crippen molar-refractivity contribution < 1.29 is 0 Å². The summed E-state index contributed by atoms with van der Waals surface area (Å²) in [5.41, 5.74) is 1.32. The minimum absolute atomic E-state index is 0.0108. The van der Waals surface area contributed by atoms with Crippen molar-refractivity contribution in [1.82, 2.24) is 0 Å². The Labute approximate surface area is 191 Å². The lowest BCUT2D eigenvalue weighted by Crippen LogP contribution is -2.47. The third-order valence-corrected chi connectivity index (χ3v) is 18.1. The van der Waals surface area contributed by atoms with E-state index in [9.17, 15) is 0 Å². The monoisotopic (exact) mass is 472 g/mol. The molecule has 0 aliphatic carbocycles. The standard InChI is InChI=1S/C25H38Cl2S2/c1-23(2,3)29(27,24(4,5)6)25(7,8)19-20-15-17-22(18-16-20)28(9,26)21-13-11-10-12-14-21/h10-18H,19H2,1-9H3. The summed E-state index contributed by atoms with van der Waals surface area (Å²) in [6, 6.07) is 19.3. The van der Waals surface area contributed by atoms with Crippen molar-refractivity contribution in [3.63, 3.8) is 0 Å². The van der Waals surface area contributed by atoms with E-state index < -0.39 is 18.5 Å². The maximum atomic E-state index is 7.58. The van der Waals surface area contributed by atoms with Gasteiger partial charge in [0.1, 0.15) is 0 Å². The molecule has 2 aromatic carbocycles. The van der Waals surface area contributed by atoms with Gasteiger partial charge < -0.3 is 0 Å². The van der Waals surface area contributed by atoms with E-state index in [1.807, 2.05) is 6.07 Å². The lowest BCUT2D eigenvalue weighted by molar-refractivity contribution is 0.625. The molecule has 0 aliphatic rings. The van der Waals surface area contributed by atoms with Gasteiger partial charge in [0.25, 0.3) is 0 Å². The Balaban J connectivity index is 2.35. The molecular weight excluding hydrogens is 435 g/mol. The van der Waals surface area contributed by atoms with E-state index in [0.717, 1.165) is 6.42 Å². The van der Waals surface area contributed by atoms with Gasteiger partial charge in [-0.1, -0.05) is 107 Å². The van der Waals surface area contributed by atoms with Gasteiger partial charge in [-0.05, 0) is 42.5 Å². The maximum Gasteiger partial charge on any atom is 0.0120 e. The summed E-state index contributed by atoms with van der Waals surface area (Å²) in [5.74, 6) is 0. The highest BCUT2D eigenvalue weighted by molar-refractivity contribution is 8.53. The molecule has 0 N–H and O–H groups in total. The second kappa shape index (κ2) is 8.34. The van der Waals surface area contributed by atoms with E-state index in [1.165, 1.54) is 15.4 Å². The van der Waals surface area contributed by atoms with Crippen molar-refractivity contribution in [3.05, 3.63) is 60.2 Å². The lowest BCUT2D eigenvalue weighted by Gasteiger charge is -2.62. The van der Waals surface area contributed by atoms with Gasteiger partial charge >= 0.3 is 0 Å². The SMILES string of the molecule is CC(C)(C)S(Cl)(C(C)(C)C)C(C)(C)Cc1ccc(S(C)(Cl)c2ccccc2)cc1. The van der Waals surface area contributed by atoms with Gasteiger partial charge in [0.15, 0.2) is 0 Å². The molecule has 0 bridgehead atoms. The van der Waals surface area contributed by atoms with Crippen molar-refractivity contribution in [2.45, 2.75) is 85.8 Å². The smallest absolute Gasteiger partial charge is 0.0120 e. The number of benzene rings is 2. The average Bonchev–Trinajstić information content (AvgIpc) is 2.60. The van der Waals surface area contributed by atoms with Crippen LogP contribution in [0, 0.1) is 0 Å². The van der Waals surface area contributed by atoms with E-state index >= 15 is 0 Å². The number of rotatable bonds is 5. The van der Waals surface area contributed by atoms with E-state index in [-0.39, 0.29) is 14.2 Å². The van der Waals surface area contributed by atoms with Gasteiger partial charge in [0, 0.05) is 24.0 Å². The normalized spacial score (nSPS) is 17.5. The highest BCUT2D eigenvalue weighted by Crippen LogP contribution is 2.78. The molecule has 164 valence electrons. The quantitative estimate of drug-likeness (QED) is 0.405. The Kier molecular flexibility index (Phi) is 7.18. The molecule has 0 aromatic heterocycles. The zero-order valence-electron chi connectivity index (χ0n) is 19.5.